The minimum absolute atomic E-state index is 0.0441. The molecule has 1 aromatic heterocycles. The molecular formula is C13H13NO3. The fraction of sp³-hybridized carbons (Fsp3) is 0.231. The maximum absolute atomic E-state index is 11.0. The van der Waals surface area contributed by atoms with Crippen LogP contribution in [0.1, 0.15) is 24.2 Å². The lowest BCUT2D eigenvalue weighted by Crippen LogP contribution is -2.07. The topological polar surface area (TPSA) is 59.4 Å². The van der Waals surface area contributed by atoms with Gasteiger partial charge in [-0.15, -0.1) is 0 Å². The van der Waals surface area contributed by atoms with Gasteiger partial charge in [-0.25, -0.2) is 9.78 Å². The third kappa shape index (κ3) is 2.36. The van der Waals surface area contributed by atoms with Gasteiger partial charge >= 0.3 is 5.97 Å². The molecule has 0 amide bonds. The second-order valence-electron chi connectivity index (χ2n) is 3.99. The molecule has 2 aromatic rings. The van der Waals surface area contributed by atoms with E-state index in [1.54, 1.807) is 30.3 Å². The van der Waals surface area contributed by atoms with Crippen LogP contribution in [0.25, 0.3) is 10.9 Å². The summed E-state index contributed by atoms with van der Waals surface area (Å²) < 4.78 is 5.46. The van der Waals surface area contributed by atoms with E-state index in [9.17, 15) is 4.79 Å². The third-order valence-corrected chi connectivity index (χ3v) is 2.29. The van der Waals surface area contributed by atoms with E-state index in [0.29, 0.717) is 16.8 Å². The summed E-state index contributed by atoms with van der Waals surface area (Å²) in [6.07, 6.45) is 0.0441. The summed E-state index contributed by atoms with van der Waals surface area (Å²) in [5.74, 6) is -0.440. The zero-order valence-corrected chi connectivity index (χ0v) is 9.68. The minimum atomic E-state index is -0.949. The van der Waals surface area contributed by atoms with Crippen molar-refractivity contribution >= 4 is 16.9 Å². The van der Waals surface area contributed by atoms with E-state index in [1.165, 1.54) is 0 Å². The quantitative estimate of drug-likeness (QED) is 0.882. The minimum Gasteiger partial charge on any atom is -0.478 e. The van der Waals surface area contributed by atoms with E-state index < -0.39 is 5.97 Å². The van der Waals surface area contributed by atoms with Gasteiger partial charge in [-0.3, -0.25) is 0 Å². The number of hydrogen-bond donors (Lipinski definition) is 1. The number of carboxylic acid groups (broad SMARTS) is 1. The zero-order valence-electron chi connectivity index (χ0n) is 9.68. The van der Waals surface area contributed by atoms with Crippen molar-refractivity contribution in [2.45, 2.75) is 20.0 Å². The molecule has 2 rings (SSSR count). The van der Waals surface area contributed by atoms with Crippen LogP contribution in [0.15, 0.2) is 30.3 Å². The Labute approximate surface area is 98.9 Å². The van der Waals surface area contributed by atoms with Gasteiger partial charge in [-0.1, -0.05) is 6.07 Å². The molecule has 0 bridgehead atoms. The van der Waals surface area contributed by atoms with Crippen molar-refractivity contribution in [3.05, 3.63) is 35.9 Å². The second-order valence-corrected chi connectivity index (χ2v) is 3.99. The maximum Gasteiger partial charge on any atom is 0.336 e. The fourth-order valence-electron chi connectivity index (χ4n) is 1.63. The molecule has 1 aromatic carbocycles. The van der Waals surface area contributed by atoms with Crippen LogP contribution in [-0.2, 0) is 0 Å². The van der Waals surface area contributed by atoms with E-state index in [-0.39, 0.29) is 11.7 Å². The summed E-state index contributed by atoms with van der Waals surface area (Å²) >= 11 is 0. The molecule has 0 fully saturated rings. The zero-order chi connectivity index (χ0) is 12.4. The molecule has 88 valence electrons. The van der Waals surface area contributed by atoms with E-state index >= 15 is 0 Å². The van der Waals surface area contributed by atoms with Crippen LogP contribution in [0.3, 0.4) is 0 Å². The van der Waals surface area contributed by atoms with Gasteiger partial charge in [-0.2, -0.15) is 0 Å². The number of aromatic nitrogens is 1. The molecule has 0 aliphatic rings. The molecule has 0 unspecified atom stereocenters. The van der Waals surface area contributed by atoms with Crippen LogP contribution in [0, 0.1) is 0 Å². The van der Waals surface area contributed by atoms with Crippen molar-refractivity contribution in [2.75, 3.05) is 0 Å². The van der Waals surface area contributed by atoms with Gasteiger partial charge in [0.15, 0.2) is 0 Å². The summed E-state index contributed by atoms with van der Waals surface area (Å²) in [5.41, 5.74) is 0.883. The third-order valence-electron chi connectivity index (χ3n) is 2.29. The molecule has 1 N–H and O–H groups in total. The first-order chi connectivity index (χ1) is 8.08. The number of benzene rings is 1. The average molecular weight is 231 g/mol. The van der Waals surface area contributed by atoms with Crippen molar-refractivity contribution in [3.8, 4) is 5.88 Å². The van der Waals surface area contributed by atoms with Crippen molar-refractivity contribution in [2.24, 2.45) is 0 Å². The Kier molecular flexibility index (Phi) is 2.95. The first kappa shape index (κ1) is 11.4. The first-order valence-electron chi connectivity index (χ1n) is 5.37. The first-order valence-corrected chi connectivity index (χ1v) is 5.37. The fourth-order valence-corrected chi connectivity index (χ4v) is 1.63. The standard InChI is InChI=1S/C13H13NO3/c1-8(2)17-12-7-6-9-10(13(15)16)4-3-5-11(9)14-12/h3-8H,1-2H3,(H,15,16). The summed E-state index contributed by atoms with van der Waals surface area (Å²) in [6.45, 7) is 3.83. The molecular weight excluding hydrogens is 218 g/mol. The summed E-state index contributed by atoms with van der Waals surface area (Å²) in [5, 5.41) is 9.66. The monoisotopic (exact) mass is 231 g/mol. The Balaban J connectivity index is 2.53. The molecule has 0 spiro atoms. The molecule has 0 saturated carbocycles. The highest BCUT2D eigenvalue weighted by atomic mass is 16.5. The highest BCUT2D eigenvalue weighted by Gasteiger charge is 2.09. The van der Waals surface area contributed by atoms with Crippen LogP contribution in [0.4, 0.5) is 0 Å². The number of fused-ring (bicyclic) bond motifs is 1. The van der Waals surface area contributed by atoms with Gasteiger partial charge in [0.05, 0.1) is 17.2 Å². The normalized spacial score (nSPS) is 10.8. The van der Waals surface area contributed by atoms with Gasteiger partial charge in [0.1, 0.15) is 0 Å². The molecule has 4 nitrogen and oxygen atoms in total. The summed E-state index contributed by atoms with van der Waals surface area (Å²) in [4.78, 5) is 15.3. The predicted molar refractivity (Wildman–Crippen MR) is 64.5 cm³/mol. The van der Waals surface area contributed by atoms with E-state index in [4.69, 9.17) is 9.84 Å². The van der Waals surface area contributed by atoms with Gasteiger partial charge in [0.2, 0.25) is 5.88 Å². The van der Waals surface area contributed by atoms with E-state index in [1.807, 2.05) is 13.8 Å². The molecule has 0 radical (unpaired) electrons. The van der Waals surface area contributed by atoms with Gasteiger partial charge in [-0.05, 0) is 32.0 Å². The van der Waals surface area contributed by atoms with Crippen molar-refractivity contribution in [3.63, 3.8) is 0 Å². The Morgan fingerprint density at radius 3 is 2.71 bits per heavy atom. The Bertz CT molecular complexity index is 564. The molecule has 0 atom stereocenters. The number of carbonyl (C=O) groups is 1. The highest BCUT2D eigenvalue weighted by Crippen LogP contribution is 2.21. The van der Waals surface area contributed by atoms with E-state index in [0.717, 1.165) is 0 Å². The SMILES string of the molecule is CC(C)Oc1ccc2c(C(=O)O)cccc2n1. The lowest BCUT2D eigenvalue weighted by atomic mass is 10.1. The number of ether oxygens (including phenoxy) is 1. The number of hydrogen-bond acceptors (Lipinski definition) is 3. The highest BCUT2D eigenvalue weighted by molar-refractivity contribution is 6.02. The number of nitrogens with zero attached hydrogens (tertiary/aromatic N) is 1. The lowest BCUT2D eigenvalue weighted by Gasteiger charge is -2.09. The van der Waals surface area contributed by atoms with Crippen molar-refractivity contribution in [1.29, 1.82) is 0 Å². The lowest BCUT2D eigenvalue weighted by molar-refractivity contribution is 0.0699. The molecule has 17 heavy (non-hydrogen) atoms. The second kappa shape index (κ2) is 4.41. The molecule has 4 heteroatoms. The number of carboxylic acids is 1. The number of aromatic carboxylic acids is 1. The van der Waals surface area contributed by atoms with Gasteiger partial charge in [0.25, 0.3) is 0 Å². The average Bonchev–Trinajstić information content (AvgIpc) is 2.26. The smallest absolute Gasteiger partial charge is 0.336 e. The Morgan fingerprint density at radius 1 is 1.29 bits per heavy atom. The molecule has 0 aliphatic heterocycles. The summed E-state index contributed by atoms with van der Waals surface area (Å²) in [7, 11) is 0. The number of pyridine rings is 1. The van der Waals surface area contributed by atoms with Gasteiger partial charge in [0, 0.05) is 11.5 Å². The van der Waals surface area contributed by atoms with Crippen LogP contribution < -0.4 is 4.74 Å². The van der Waals surface area contributed by atoms with Crippen molar-refractivity contribution < 1.29 is 14.6 Å². The molecule has 0 aliphatic carbocycles. The Hall–Kier alpha value is -2.10. The van der Waals surface area contributed by atoms with Crippen LogP contribution in [0.5, 0.6) is 5.88 Å². The molecule has 0 saturated heterocycles. The summed E-state index contributed by atoms with van der Waals surface area (Å²) in [6, 6.07) is 8.43. The van der Waals surface area contributed by atoms with Crippen LogP contribution in [0.2, 0.25) is 0 Å². The predicted octanol–water partition coefficient (Wildman–Crippen LogP) is 2.72. The maximum atomic E-state index is 11.0. The van der Waals surface area contributed by atoms with Gasteiger partial charge < -0.3 is 9.84 Å². The number of rotatable bonds is 3. The Morgan fingerprint density at radius 2 is 2.06 bits per heavy atom. The van der Waals surface area contributed by atoms with Crippen LogP contribution >= 0.6 is 0 Å². The van der Waals surface area contributed by atoms with Crippen LogP contribution in [-0.4, -0.2) is 22.2 Å². The van der Waals surface area contributed by atoms with Crippen molar-refractivity contribution in [1.82, 2.24) is 4.98 Å². The molecule has 1 heterocycles. The largest absolute Gasteiger partial charge is 0.478 e. The van der Waals surface area contributed by atoms with E-state index in [2.05, 4.69) is 4.98 Å².